The summed E-state index contributed by atoms with van der Waals surface area (Å²) in [7, 11) is 0. The Morgan fingerprint density at radius 1 is 1.50 bits per heavy atom. The highest BCUT2D eigenvalue weighted by molar-refractivity contribution is 7.81. The first kappa shape index (κ1) is 9.87. The number of hydrogen-bond acceptors (Lipinski definition) is 2. The minimum atomic E-state index is 0.118. The molecule has 2 rings (SSSR count). The summed E-state index contributed by atoms with van der Waals surface area (Å²) in [6.45, 7) is 0.669. The smallest absolute Gasteiger partial charge is 0.228 e. The second kappa shape index (κ2) is 3.83. The minimum Gasteiger partial charge on any atom is -0.311 e. The molecular weight excluding hydrogens is 218 g/mol. The van der Waals surface area contributed by atoms with Gasteiger partial charge in [0, 0.05) is 28.9 Å². The highest BCUT2D eigenvalue weighted by Crippen LogP contribution is 2.25. The van der Waals surface area contributed by atoms with E-state index in [-0.39, 0.29) is 11.2 Å². The van der Waals surface area contributed by atoms with E-state index in [0.29, 0.717) is 18.0 Å². The molecule has 1 aromatic carbocycles. The van der Waals surface area contributed by atoms with E-state index in [4.69, 9.17) is 11.6 Å². The molecule has 0 aromatic heterocycles. The van der Waals surface area contributed by atoms with Gasteiger partial charge in [0.15, 0.2) is 0 Å². The van der Waals surface area contributed by atoms with Gasteiger partial charge in [-0.3, -0.25) is 4.79 Å². The van der Waals surface area contributed by atoms with Crippen molar-refractivity contribution in [1.82, 2.24) is 0 Å². The van der Waals surface area contributed by atoms with E-state index in [0.717, 1.165) is 5.69 Å². The molecule has 1 aliphatic heterocycles. The number of nitrogens with zero attached hydrogens (tertiary/aromatic N) is 1. The zero-order valence-electron chi connectivity index (χ0n) is 7.48. The Labute approximate surface area is 93.3 Å². The Kier molecular flexibility index (Phi) is 2.70. The monoisotopic (exact) mass is 227 g/mol. The quantitative estimate of drug-likeness (QED) is 0.731. The number of carbonyl (C=O) groups is 1. The molecule has 14 heavy (non-hydrogen) atoms. The van der Waals surface area contributed by atoms with Crippen molar-refractivity contribution in [1.29, 1.82) is 0 Å². The van der Waals surface area contributed by atoms with E-state index >= 15 is 0 Å². The van der Waals surface area contributed by atoms with Gasteiger partial charge >= 0.3 is 0 Å². The number of carbonyl (C=O) groups excluding carboxylic acids is 1. The van der Waals surface area contributed by atoms with Gasteiger partial charge in [0.2, 0.25) is 5.91 Å². The molecule has 1 aromatic rings. The van der Waals surface area contributed by atoms with Gasteiger partial charge in [-0.05, 0) is 18.2 Å². The fraction of sp³-hybridized carbons (Fsp3) is 0.300. The lowest BCUT2D eigenvalue weighted by atomic mass is 10.3. The largest absolute Gasteiger partial charge is 0.311 e. The van der Waals surface area contributed by atoms with Gasteiger partial charge in [-0.2, -0.15) is 12.6 Å². The highest BCUT2D eigenvalue weighted by Gasteiger charge is 2.28. The van der Waals surface area contributed by atoms with Crippen LogP contribution in [0.15, 0.2) is 24.3 Å². The van der Waals surface area contributed by atoms with Gasteiger partial charge in [0.05, 0.1) is 0 Å². The Morgan fingerprint density at radius 3 is 2.86 bits per heavy atom. The van der Waals surface area contributed by atoms with Gasteiger partial charge in [-0.1, -0.05) is 17.7 Å². The van der Waals surface area contributed by atoms with E-state index in [2.05, 4.69) is 12.6 Å². The van der Waals surface area contributed by atoms with E-state index in [1.165, 1.54) is 0 Å². The summed E-state index contributed by atoms with van der Waals surface area (Å²) in [4.78, 5) is 13.3. The van der Waals surface area contributed by atoms with Gasteiger partial charge in [0.25, 0.3) is 0 Å². The molecule has 2 nitrogen and oxygen atoms in total. The maximum atomic E-state index is 11.5. The summed E-state index contributed by atoms with van der Waals surface area (Å²) in [6, 6.07) is 7.32. The van der Waals surface area contributed by atoms with Gasteiger partial charge in [-0.15, -0.1) is 0 Å². The Hall–Kier alpha value is -0.670. The van der Waals surface area contributed by atoms with Gasteiger partial charge in [0.1, 0.15) is 0 Å². The molecule has 1 amide bonds. The van der Waals surface area contributed by atoms with Crippen LogP contribution in [0.4, 0.5) is 5.69 Å². The van der Waals surface area contributed by atoms with Crippen molar-refractivity contribution in [2.24, 2.45) is 0 Å². The molecule has 1 heterocycles. The molecule has 4 heteroatoms. The van der Waals surface area contributed by atoms with Crippen LogP contribution in [0.25, 0.3) is 0 Å². The summed E-state index contributed by atoms with van der Waals surface area (Å²) in [5, 5.41) is 0.791. The van der Waals surface area contributed by atoms with Crippen LogP contribution in [0.3, 0.4) is 0 Å². The van der Waals surface area contributed by atoms with Crippen LogP contribution in [0.5, 0.6) is 0 Å². The third-order valence-corrected chi connectivity index (χ3v) is 2.81. The molecule has 0 saturated carbocycles. The molecule has 0 N–H and O–H groups in total. The van der Waals surface area contributed by atoms with Crippen LogP contribution in [0.2, 0.25) is 5.02 Å². The second-order valence-corrected chi connectivity index (χ2v) is 4.51. The molecule has 1 fully saturated rings. The van der Waals surface area contributed by atoms with Crippen LogP contribution in [0, 0.1) is 0 Å². The molecule has 1 atom stereocenters. The first-order chi connectivity index (χ1) is 6.66. The fourth-order valence-corrected chi connectivity index (χ4v) is 2.09. The fourth-order valence-electron chi connectivity index (χ4n) is 1.58. The number of anilines is 1. The third-order valence-electron chi connectivity index (χ3n) is 2.22. The predicted octanol–water partition coefficient (Wildman–Crippen LogP) is 2.38. The summed E-state index contributed by atoms with van der Waals surface area (Å²) >= 11 is 10.1. The van der Waals surface area contributed by atoms with E-state index < -0.39 is 0 Å². The highest BCUT2D eigenvalue weighted by atomic mass is 35.5. The van der Waals surface area contributed by atoms with Crippen molar-refractivity contribution < 1.29 is 4.79 Å². The van der Waals surface area contributed by atoms with Crippen LogP contribution in [-0.2, 0) is 4.79 Å². The first-order valence-corrected chi connectivity index (χ1v) is 5.30. The van der Waals surface area contributed by atoms with E-state index in [9.17, 15) is 4.79 Å². The van der Waals surface area contributed by atoms with Crippen LogP contribution in [0.1, 0.15) is 6.42 Å². The van der Waals surface area contributed by atoms with Crippen molar-refractivity contribution >= 4 is 35.8 Å². The SMILES string of the molecule is O=C1CC(S)CN1c1cccc(Cl)c1. The molecule has 0 spiro atoms. The van der Waals surface area contributed by atoms with Gasteiger partial charge < -0.3 is 4.90 Å². The van der Waals surface area contributed by atoms with Crippen molar-refractivity contribution in [3.8, 4) is 0 Å². The van der Waals surface area contributed by atoms with Crippen LogP contribution in [-0.4, -0.2) is 17.7 Å². The Bertz CT molecular complexity index is 369. The van der Waals surface area contributed by atoms with E-state index in [1.54, 1.807) is 17.0 Å². The van der Waals surface area contributed by atoms with Gasteiger partial charge in [-0.25, -0.2) is 0 Å². The van der Waals surface area contributed by atoms with Crippen molar-refractivity contribution in [2.75, 3.05) is 11.4 Å². The number of rotatable bonds is 1. The average molecular weight is 228 g/mol. The lowest BCUT2D eigenvalue weighted by Crippen LogP contribution is -2.24. The van der Waals surface area contributed by atoms with Crippen molar-refractivity contribution in [3.05, 3.63) is 29.3 Å². The molecule has 74 valence electrons. The Balaban J connectivity index is 2.27. The topological polar surface area (TPSA) is 20.3 Å². The molecular formula is C10H10ClNOS. The molecule has 0 radical (unpaired) electrons. The minimum absolute atomic E-state index is 0.118. The Morgan fingerprint density at radius 2 is 2.29 bits per heavy atom. The molecule has 1 unspecified atom stereocenters. The summed E-state index contributed by atoms with van der Waals surface area (Å²) in [6.07, 6.45) is 0.510. The number of benzene rings is 1. The summed E-state index contributed by atoms with van der Waals surface area (Å²) in [5.74, 6) is 0.118. The number of amides is 1. The number of hydrogen-bond donors (Lipinski definition) is 1. The maximum Gasteiger partial charge on any atom is 0.228 e. The zero-order valence-corrected chi connectivity index (χ0v) is 9.13. The first-order valence-electron chi connectivity index (χ1n) is 4.41. The lowest BCUT2D eigenvalue weighted by Gasteiger charge is -2.15. The number of thiol groups is 1. The van der Waals surface area contributed by atoms with Crippen LogP contribution < -0.4 is 4.90 Å². The normalized spacial score (nSPS) is 21.7. The molecule has 0 bridgehead atoms. The molecule has 1 aliphatic rings. The van der Waals surface area contributed by atoms with E-state index in [1.807, 2.05) is 12.1 Å². The van der Waals surface area contributed by atoms with Crippen molar-refractivity contribution in [2.45, 2.75) is 11.7 Å². The molecule has 1 saturated heterocycles. The summed E-state index contributed by atoms with van der Waals surface area (Å²) in [5.41, 5.74) is 0.860. The standard InChI is InChI=1S/C10H10ClNOS/c11-7-2-1-3-8(4-7)12-6-9(14)5-10(12)13/h1-4,9,14H,5-6H2. The number of halogens is 1. The maximum absolute atomic E-state index is 11.5. The lowest BCUT2D eigenvalue weighted by molar-refractivity contribution is -0.117. The van der Waals surface area contributed by atoms with Crippen LogP contribution >= 0.6 is 24.2 Å². The third kappa shape index (κ3) is 1.88. The summed E-state index contributed by atoms with van der Waals surface area (Å²) < 4.78 is 0. The zero-order chi connectivity index (χ0) is 10.1. The second-order valence-electron chi connectivity index (χ2n) is 3.34. The van der Waals surface area contributed by atoms with Crippen molar-refractivity contribution in [3.63, 3.8) is 0 Å². The average Bonchev–Trinajstić information content (AvgIpc) is 2.45. The predicted molar refractivity (Wildman–Crippen MR) is 61.2 cm³/mol. The molecule has 0 aliphatic carbocycles.